The molecule has 4 unspecified atom stereocenters. The largest absolute Gasteiger partial charge is 0.396 e. The van der Waals surface area contributed by atoms with E-state index in [1.165, 1.54) is 0 Å². The van der Waals surface area contributed by atoms with E-state index < -0.39 is 0 Å². The molecule has 4 atom stereocenters. The minimum absolute atomic E-state index is 0.0272. The summed E-state index contributed by atoms with van der Waals surface area (Å²) in [5, 5.41) is 11.9. The van der Waals surface area contributed by atoms with Gasteiger partial charge in [-0.3, -0.25) is 4.79 Å². The lowest BCUT2D eigenvalue weighted by atomic mass is 10.0. The van der Waals surface area contributed by atoms with Crippen LogP contribution in [0, 0.1) is 11.8 Å². The first-order valence-corrected chi connectivity index (χ1v) is 5.71. The van der Waals surface area contributed by atoms with E-state index >= 15 is 0 Å². The van der Waals surface area contributed by atoms with Crippen LogP contribution in [-0.2, 0) is 4.79 Å². The van der Waals surface area contributed by atoms with Gasteiger partial charge in [-0.15, -0.1) is 0 Å². The van der Waals surface area contributed by atoms with E-state index in [9.17, 15) is 4.79 Å². The lowest BCUT2D eigenvalue weighted by Gasteiger charge is -2.21. The number of carbonyl (C=O) groups excluding carboxylic acids is 1. The molecule has 0 aromatic carbocycles. The fourth-order valence-corrected chi connectivity index (χ4v) is 1.90. The minimum Gasteiger partial charge on any atom is -0.396 e. The van der Waals surface area contributed by atoms with Crippen molar-refractivity contribution in [2.75, 3.05) is 6.61 Å². The standard InChI is InChI=1S/C11H22N2O2/c1-7(6-14)8(2)13-11(15)9-3-4-10(12)5-9/h7-10,14H,3-6,12H2,1-2H3,(H,13,15). The van der Waals surface area contributed by atoms with Crippen LogP contribution in [0.4, 0.5) is 0 Å². The van der Waals surface area contributed by atoms with E-state index in [1.54, 1.807) is 0 Å². The zero-order chi connectivity index (χ0) is 11.4. The summed E-state index contributed by atoms with van der Waals surface area (Å²) in [6, 6.07) is 0.214. The van der Waals surface area contributed by atoms with Gasteiger partial charge in [0, 0.05) is 24.6 Å². The van der Waals surface area contributed by atoms with Gasteiger partial charge in [0.2, 0.25) is 5.91 Å². The summed E-state index contributed by atoms with van der Waals surface area (Å²) in [6.45, 7) is 3.95. The number of hydrogen-bond donors (Lipinski definition) is 3. The minimum atomic E-state index is 0.0272. The molecule has 4 N–H and O–H groups in total. The quantitative estimate of drug-likeness (QED) is 0.628. The molecule has 1 aliphatic carbocycles. The summed E-state index contributed by atoms with van der Waals surface area (Å²) in [5.74, 6) is 0.271. The van der Waals surface area contributed by atoms with E-state index in [1.807, 2.05) is 13.8 Å². The number of amides is 1. The van der Waals surface area contributed by atoms with Gasteiger partial charge >= 0.3 is 0 Å². The molecule has 0 radical (unpaired) electrons. The first kappa shape index (κ1) is 12.5. The Morgan fingerprint density at radius 2 is 2.20 bits per heavy atom. The molecular weight excluding hydrogens is 192 g/mol. The molecule has 1 amide bonds. The molecule has 0 bridgehead atoms. The van der Waals surface area contributed by atoms with Crippen molar-refractivity contribution in [3.8, 4) is 0 Å². The third kappa shape index (κ3) is 3.47. The smallest absolute Gasteiger partial charge is 0.223 e. The highest BCUT2D eigenvalue weighted by atomic mass is 16.3. The Morgan fingerprint density at radius 1 is 1.53 bits per heavy atom. The Kier molecular flexibility index (Phi) is 4.54. The number of carbonyl (C=O) groups is 1. The molecule has 4 nitrogen and oxygen atoms in total. The lowest BCUT2D eigenvalue weighted by Crippen LogP contribution is -2.41. The van der Waals surface area contributed by atoms with Crippen LogP contribution in [0.25, 0.3) is 0 Å². The number of aliphatic hydroxyl groups is 1. The predicted octanol–water partition coefficient (Wildman–Crippen LogP) is 0.247. The van der Waals surface area contributed by atoms with Crippen molar-refractivity contribution in [3.05, 3.63) is 0 Å². The third-order valence-electron chi connectivity index (χ3n) is 3.36. The van der Waals surface area contributed by atoms with E-state index in [0.29, 0.717) is 0 Å². The monoisotopic (exact) mass is 214 g/mol. The Bertz CT molecular complexity index is 221. The molecule has 1 rings (SSSR count). The SMILES string of the molecule is CC(CO)C(C)NC(=O)C1CCC(N)C1. The van der Waals surface area contributed by atoms with Gasteiger partial charge in [0.05, 0.1) is 0 Å². The predicted molar refractivity (Wildman–Crippen MR) is 59.2 cm³/mol. The average Bonchev–Trinajstić information content (AvgIpc) is 2.63. The summed E-state index contributed by atoms with van der Waals surface area (Å²) in [4.78, 5) is 11.8. The summed E-state index contributed by atoms with van der Waals surface area (Å²) < 4.78 is 0. The Balaban J connectivity index is 2.35. The van der Waals surface area contributed by atoms with Crippen LogP contribution < -0.4 is 11.1 Å². The van der Waals surface area contributed by atoms with E-state index in [4.69, 9.17) is 10.8 Å². The number of nitrogens with one attached hydrogen (secondary N) is 1. The normalized spacial score (nSPS) is 29.9. The van der Waals surface area contributed by atoms with Crippen molar-refractivity contribution >= 4 is 5.91 Å². The van der Waals surface area contributed by atoms with Crippen molar-refractivity contribution in [2.45, 2.75) is 45.2 Å². The highest BCUT2D eigenvalue weighted by molar-refractivity contribution is 5.79. The van der Waals surface area contributed by atoms with Crippen molar-refractivity contribution in [3.63, 3.8) is 0 Å². The fraction of sp³-hybridized carbons (Fsp3) is 0.909. The van der Waals surface area contributed by atoms with E-state index in [0.717, 1.165) is 19.3 Å². The average molecular weight is 214 g/mol. The molecule has 0 spiro atoms. The Labute approximate surface area is 91.2 Å². The lowest BCUT2D eigenvalue weighted by molar-refractivity contribution is -0.125. The number of aliphatic hydroxyl groups excluding tert-OH is 1. The van der Waals surface area contributed by atoms with Crippen LogP contribution in [0.5, 0.6) is 0 Å². The first-order valence-electron chi connectivity index (χ1n) is 5.71. The number of nitrogens with two attached hydrogens (primary N) is 1. The summed E-state index contributed by atoms with van der Waals surface area (Å²) in [5.41, 5.74) is 5.76. The molecule has 1 fully saturated rings. The fourth-order valence-electron chi connectivity index (χ4n) is 1.90. The maximum atomic E-state index is 11.8. The van der Waals surface area contributed by atoms with Crippen molar-refractivity contribution in [1.82, 2.24) is 5.32 Å². The van der Waals surface area contributed by atoms with Crippen LogP contribution in [0.2, 0.25) is 0 Å². The summed E-state index contributed by atoms with van der Waals surface area (Å²) in [7, 11) is 0. The molecular formula is C11H22N2O2. The molecule has 0 heterocycles. The van der Waals surface area contributed by atoms with Crippen LogP contribution in [0.1, 0.15) is 33.1 Å². The summed E-state index contributed by atoms with van der Waals surface area (Å²) >= 11 is 0. The molecule has 4 heteroatoms. The van der Waals surface area contributed by atoms with Crippen LogP contribution in [0.3, 0.4) is 0 Å². The van der Waals surface area contributed by atoms with Gasteiger partial charge in [-0.1, -0.05) is 6.92 Å². The second-order valence-electron chi connectivity index (χ2n) is 4.73. The number of rotatable bonds is 4. The maximum absolute atomic E-state index is 11.8. The Hall–Kier alpha value is -0.610. The number of hydrogen-bond acceptors (Lipinski definition) is 3. The summed E-state index contributed by atoms with van der Waals surface area (Å²) in [6.07, 6.45) is 2.64. The van der Waals surface area contributed by atoms with Crippen molar-refractivity contribution in [2.24, 2.45) is 17.6 Å². The molecule has 0 aromatic heterocycles. The third-order valence-corrected chi connectivity index (χ3v) is 3.36. The van der Waals surface area contributed by atoms with Gasteiger partial charge in [0.15, 0.2) is 0 Å². The molecule has 0 saturated heterocycles. The van der Waals surface area contributed by atoms with Gasteiger partial charge < -0.3 is 16.2 Å². The highest BCUT2D eigenvalue weighted by Gasteiger charge is 2.28. The molecule has 0 aliphatic heterocycles. The zero-order valence-corrected chi connectivity index (χ0v) is 9.57. The molecule has 88 valence electrons. The molecule has 1 saturated carbocycles. The zero-order valence-electron chi connectivity index (χ0n) is 9.57. The molecule has 0 aromatic rings. The van der Waals surface area contributed by atoms with Gasteiger partial charge in [0.1, 0.15) is 0 Å². The second-order valence-corrected chi connectivity index (χ2v) is 4.73. The van der Waals surface area contributed by atoms with Crippen LogP contribution in [-0.4, -0.2) is 29.7 Å². The molecule has 15 heavy (non-hydrogen) atoms. The van der Waals surface area contributed by atoms with Crippen LogP contribution in [0.15, 0.2) is 0 Å². The molecule has 1 aliphatic rings. The van der Waals surface area contributed by atoms with E-state index in [-0.39, 0.29) is 36.4 Å². The Morgan fingerprint density at radius 3 is 2.67 bits per heavy atom. The van der Waals surface area contributed by atoms with Gasteiger partial charge in [0.25, 0.3) is 0 Å². The van der Waals surface area contributed by atoms with Gasteiger partial charge in [-0.25, -0.2) is 0 Å². The maximum Gasteiger partial charge on any atom is 0.223 e. The topological polar surface area (TPSA) is 75.3 Å². The van der Waals surface area contributed by atoms with Gasteiger partial charge in [-0.05, 0) is 32.1 Å². The van der Waals surface area contributed by atoms with Crippen molar-refractivity contribution < 1.29 is 9.90 Å². The van der Waals surface area contributed by atoms with Crippen molar-refractivity contribution in [1.29, 1.82) is 0 Å². The first-order chi connectivity index (χ1) is 7.04. The highest BCUT2D eigenvalue weighted by Crippen LogP contribution is 2.24. The second kappa shape index (κ2) is 5.47. The van der Waals surface area contributed by atoms with Gasteiger partial charge in [-0.2, -0.15) is 0 Å². The van der Waals surface area contributed by atoms with Crippen LogP contribution >= 0.6 is 0 Å². The van der Waals surface area contributed by atoms with E-state index in [2.05, 4.69) is 5.32 Å².